The molecule has 3 rings (SSSR count). The van der Waals surface area contributed by atoms with E-state index in [0.29, 0.717) is 24.0 Å². The first-order valence-electron chi connectivity index (χ1n) is 7.13. The lowest BCUT2D eigenvalue weighted by atomic mass is 9.80. The van der Waals surface area contributed by atoms with Crippen LogP contribution in [0.25, 0.3) is 11.0 Å². The lowest BCUT2D eigenvalue weighted by Gasteiger charge is -2.32. The van der Waals surface area contributed by atoms with E-state index in [-0.39, 0.29) is 30.2 Å². The molecule has 0 atom stereocenters. The van der Waals surface area contributed by atoms with Gasteiger partial charge in [-0.25, -0.2) is 0 Å². The first kappa shape index (κ1) is 14.6. The third-order valence-corrected chi connectivity index (χ3v) is 4.02. The van der Waals surface area contributed by atoms with Gasteiger partial charge in [0.25, 0.3) is 5.91 Å². The van der Waals surface area contributed by atoms with Crippen LogP contribution in [0.2, 0.25) is 0 Å². The maximum Gasteiger partial charge on any atom is 0.306 e. The van der Waals surface area contributed by atoms with Gasteiger partial charge in [0.15, 0.2) is 5.76 Å². The first-order chi connectivity index (χ1) is 10.6. The van der Waals surface area contributed by atoms with Crippen LogP contribution in [0.1, 0.15) is 29.0 Å². The monoisotopic (exact) mass is 303 g/mol. The first-order valence-corrected chi connectivity index (χ1v) is 7.13. The Bertz CT molecular complexity index is 714. The third kappa shape index (κ3) is 2.57. The van der Waals surface area contributed by atoms with Crippen molar-refractivity contribution < 1.29 is 23.8 Å². The highest BCUT2D eigenvalue weighted by atomic mass is 16.5. The summed E-state index contributed by atoms with van der Waals surface area (Å²) in [5, 5.41) is 12.5. The van der Waals surface area contributed by atoms with Crippen LogP contribution in [0.3, 0.4) is 0 Å². The van der Waals surface area contributed by atoms with Gasteiger partial charge in [-0.3, -0.25) is 9.59 Å². The van der Waals surface area contributed by atoms with E-state index in [1.807, 2.05) is 18.2 Å². The molecule has 0 unspecified atom stereocenters. The Morgan fingerprint density at radius 3 is 2.77 bits per heavy atom. The zero-order valence-corrected chi connectivity index (χ0v) is 12.2. The predicted molar refractivity (Wildman–Crippen MR) is 78.5 cm³/mol. The van der Waals surface area contributed by atoms with Gasteiger partial charge in [0.05, 0.1) is 12.5 Å². The van der Waals surface area contributed by atoms with Crippen LogP contribution in [0.5, 0.6) is 0 Å². The number of hydrogen-bond donors (Lipinski definition) is 2. The Kier molecular flexibility index (Phi) is 3.85. The number of ether oxygens (including phenoxy) is 1. The molecule has 1 aromatic heterocycles. The Morgan fingerprint density at radius 2 is 2.09 bits per heavy atom. The van der Waals surface area contributed by atoms with Crippen molar-refractivity contribution in [2.24, 2.45) is 5.92 Å². The molecule has 0 bridgehead atoms. The van der Waals surface area contributed by atoms with E-state index >= 15 is 0 Å². The number of methoxy groups -OCH3 is 1. The molecule has 1 aromatic carbocycles. The molecular weight excluding hydrogens is 286 g/mol. The summed E-state index contributed by atoms with van der Waals surface area (Å²) in [7, 11) is 1.56. The third-order valence-electron chi connectivity index (χ3n) is 4.02. The van der Waals surface area contributed by atoms with Gasteiger partial charge in [0.2, 0.25) is 0 Å². The molecule has 1 aliphatic rings. The number of para-hydroxylation sites is 1. The van der Waals surface area contributed by atoms with Crippen LogP contribution >= 0.6 is 0 Å². The fourth-order valence-corrected chi connectivity index (χ4v) is 2.76. The number of carboxylic acids is 1. The smallest absolute Gasteiger partial charge is 0.306 e. The molecular formula is C16H17NO5. The van der Waals surface area contributed by atoms with Crippen molar-refractivity contribution in [3.63, 3.8) is 0 Å². The molecule has 6 heteroatoms. The van der Waals surface area contributed by atoms with E-state index in [9.17, 15) is 9.59 Å². The number of amides is 1. The molecule has 116 valence electrons. The average Bonchev–Trinajstić information content (AvgIpc) is 2.81. The summed E-state index contributed by atoms with van der Waals surface area (Å²) in [6.45, 7) is 0.280. The highest BCUT2D eigenvalue weighted by Gasteiger charge is 2.36. The van der Waals surface area contributed by atoms with Crippen LogP contribution in [-0.4, -0.2) is 30.1 Å². The number of hydrogen-bond acceptors (Lipinski definition) is 4. The van der Waals surface area contributed by atoms with Gasteiger partial charge in [-0.1, -0.05) is 18.2 Å². The SMILES string of the molecule is COCc1c(C(=O)NC2CC(C(=O)O)C2)oc2ccccc12. The van der Waals surface area contributed by atoms with E-state index in [2.05, 4.69) is 5.32 Å². The molecule has 1 heterocycles. The van der Waals surface area contributed by atoms with E-state index in [1.54, 1.807) is 13.2 Å². The van der Waals surface area contributed by atoms with Crippen LogP contribution < -0.4 is 5.32 Å². The van der Waals surface area contributed by atoms with Crippen molar-refractivity contribution in [2.45, 2.75) is 25.5 Å². The summed E-state index contributed by atoms with van der Waals surface area (Å²) >= 11 is 0. The van der Waals surface area contributed by atoms with Gasteiger partial charge in [-0.05, 0) is 18.9 Å². The van der Waals surface area contributed by atoms with E-state index < -0.39 is 5.97 Å². The lowest BCUT2D eigenvalue weighted by molar-refractivity contribution is -0.145. The number of benzene rings is 1. The Hall–Kier alpha value is -2.34. The Balaban J connectivity index is 1.79. The summed E-state index contributed by atoms with van der Waals surface area (Å²) in [5.74, 6) is -1.26. The van der Waals surface area contributed by atoms with Gasteiger partial charge < -0.3 is 19.6 Å². The van der Waals surface area contributed by atoms with Crippen molar-refractivity contribution in [1.82, 2.24) is 5.32 Å². The van der Waals surface area contributed by atoms with E-state index in [1.165, 1.54) is 0 Å². The number of carboxylic acid groups (broad SMARTS) is 1. The fraction of sp³-hybridized carbons (Fsp3) is 0.375. The summed E-state index contributed by atoms with van der Waals surface area (Å²) in [6, 6.07) is 7.29. The van der Waals surface area contributed by atoms with Gasteiger partial charge in [0.1, 0.15) is 5.58 Å². The maximum absolute atomic E-state index is 12.4. The van der Waals surface area contributed by atoms with E-state index in [0.717, 1.165) is 5.39 Å². The molecule has 1 amide bonds. The minimum atomic E-state index is -0.811. The standard InChI is InChI=1S/C16H17NO5/c1-21-8-12-11-4-2-3-5-13(11)22-14(12)15(18)17-10-6-9(7-10)16(19)20/h2-5,9-10H,6-8H2,1H3,(H,17,18)(H,19,20). The van der Waals surface area contributed by atoms with Gasteiger partial charge in [0, 0.05) is 24.1 Å². The van der Waals surface area contributed by atoms with Crippen molar-refractivity contribution in [2.75, 3.05) is 7.11 Å². The number of aliphatic carboxylic acids is 1. The number of fused-ring (bicyclic) bond motifs is 1. The highest BCUT2D eigenvalue weighted by molar-refractivity contribution is 5.99. The van der Waals surface area contributed by atoms with Gasteiger partial charge in [-0.15, -0.1) is 0 Å². The van der Waals surface area contributed by atoms with Gasteiger partial charge >= 0.3 is 5.97 Å². The number of carbonyl (C=O) groups excluding carboxylic acids is 1. The highest BCUT2D eigenvalue weighted by Crippen LogP contribution is 2.30. The minimum absolute atomic E-state index is 0.114. The minimum Gasteiger partial charge on any atom is -0.481 e. The number of carbonyl (C=O) groups is 2. The van der Waals surface area contributed by atoms with Crippen molar-refractivity contribution in [3.8, 4) is 0 Å². The molecule has 0 aliphatic heterocycles. The number of rotatable bonds is 5. The second-order valence-electron chi connectivity index (χ2n) is 5.52. The fourth-order valence-electron chi connectivity index (χ4n) is 2.76. The van der Waals surface area contributed by atoms with Crippen LogP contribution in [0.15, 0.2) is 28.7 Å². The second kappa shape index (κ2) is 5.81. The molecule has 1 fully saturated rings. The van der Waals surface area contributed by atoms with Crippen molar-refractivity contribution in [1.29, 1.82) is 0 Å². The predicted octanol–water partition coefficient (Wildman–Crippen LogP) is 2.17. The van der Waals surface area contributed by atoms with Crippen LogP contribution in [-0.2, 0) is 16.1 Å². The largest absolute Gasteiger partial charge is 0.481 e. The van der Waals surface area contributed by atoms with Crippen molar-refractivity contribution >= 4 is 22.8 Å². The van der Waals surface area contributed by atoms with Crippen LogP contribution in [0.4, 0.5) is 0 Å². The number of furan rings is 1. The quantitative estimate of drug-likeness (QED) is 0.883. The Morgan fingerprint density at radius 1 is 1.36 bits per heavy atom. The molecule has 1 saturated carbocycles. The maximum atomic E-state index is 12.4. The zero-order valence-electron chi connectivity index (χ0n) is 12.2. The Labute approximate surface area is 127 Å². The molecule has 0 radical (unpaired) electrons. The summed E-state index contributed by atoms with van der Waals surface area (Å²) in [4.78, 5) is 23.2. The van der Waals surface area contributed by atoms with E-state index in [4.69, 9.17) is 14.3 Å². The molecule has 1 aliphatic carbocycles. The second-order valence-corrected chi connectivity index (χ2v) is 5.52. The lowest BCUT2D eigenvalue weighted by Crippen LogP contribution is -2.46. The molecule has 22 heavy (non-hydrogen) atoms. The molecule has 2 N–H and O–H groups in total. The van der Waals surface area contributed by atoms with Crippen LogP contribution in [0, 0.1) is 5.92 Å². The average molecular weight is 303 g/mol. The zero-order chi connectivity index (χ0) is 15.7. The normalized spacial score (nSPS) is 20.6. The van der Waals surface area contributed by atoms with Crippen molar-refractivity contribution in [3.05, 3.63) is 35.6 Å². The summed E-state index contributed by atoms with van der Waals surface area (Å²) < 4.78 is 10.8. The topological polar surface area (TPSA) is 88.8 Å². The molecule has 0 saturated heterocycles. The van der Waals surface area contributed by atoms with Gasteiger partial charge in [-0.2, -0.15) is 0 Å². The molecule has 6 nitrogen and oxygen atoms in total. The summed E-state index contributed by atoms with van der Waals surface area (Å²) in [6.07, 6.45) is 0.918. The molecule has 0 spiro atoms. The summed E-state index contributed by atoms with van der Waals surface area (Å²) in [5.41, 5.74) is 1.35. The number of nitrogens with one attached hydrogen (secondary N) is 1. The molecule has 2 aromatic rings.